The Balaban J connectivity index is 1.32. The van der Waals surface area contributed by atoms with E-state index in [1.165, 1.54) is 11.3 Å². The highest BCUT2D eigenvalue weighted by atomic mass is 35.5. The smallest absolute Gasteiger partial charge is 0.224 e. The lowest BCUT2D eigenvalue weighted by Gasteiger charge is -2.44. The summed E-state index contributed by atoms with van der Waals surface area (Å²) in [6.07, 6.45) is 1.36. The fraction of sp³-hybridized carbons (Fsp3) is 0.684. The first kappa shape index (κ1) is 18.9. The Labute approximate surface area is 173 Å². The summed E-state index contributed by atoms with van der Waals surface area (Å²) in [5.74, 6) is 0.898. The lowest BCUT2D eigenvalue weighted by Crippen LogP contribution is -2.56. The number of thiophene rings is 1. The molecule has 3 aliphatic heterocycles. The van der Waals surface area contributed by atoms with Gasteiger partial charge in [-0.25, -0.2) is 9.37 Å². The molecule has 152 valence electrons. The van der Waals surface area contributed by atoms with Crippen LogP contribution >= 0.6 is 22.9 Å². The van der Waals surface area contributed by atoms with Crippen molar-refractivity contribution in [1.29, 1.82) is 0 Å². The van der Waals surface area contributed by atoms with Crippen LogP contribution in [-0.2, 0) is 11.3 Å². The van der Waals surface area contributed by atoms with Gasteiger partial charge < -0.3 is 9.64 Å². The molecule has 0 saturated carbocycles. The molecule has 0 spiro atoms. The number of fused-ring (bicyclic) bond motifs is 1. The summed E-state index contributed by atoms with van der Waals surface area (Å²) >= 11 is 7.89. The number of nitrogens with zero attached hydrogens (tertiary/aromatic N) is 5. The van der Waals surface area contributed by atoms with E-state index >= 15 is 0 Å². The molecule has 9 heteroatoms. The van der Waals surface area contributed by atoms with Crippen molar-refractivity contribution < 1.29 is 9.13 Å². The quantitative estimate of drug-likeness (QED) is 0.702. The molecule has 3 aliphatic rings. The Morgan fingerprint density at radius 2 is 2.00 bits per heavy atom. The third-order valence-electron chi connectivity index (χ3n) is 6.02. The van der Waals surface area contributed by atoms with Crippen molar-refractivity contribution in [3.05, 3.63) is 16.2 Å². The molecular formula is C19H25ClFN5OS. The van der Waals surface area contributed by atoms with Gasteiger partial charge in [0.2, 0.25) is 5.28 Å². The zero-order valence-corrected chi connectivity index (χ0v) is 17.4. The molecule has 6 nitrogen and oxygen atoms in total. The fourth-order valence-corrected chi connectivity index (χ4v) is 5.73. The minimum atomic E-state index is -0.762. The Hall–Kier alpha value is -1.06. The number of ether oxygens (including phenoxy) is 1. The lowest BCUT2D eigenvalue weighted by molar-refractivity contribution is 0.00228. The van der Waals surface area contributed by atoms with Crippen LogP contribution < -0.4 is 4.90 Å². The Morgan fingerprint density at radius 3 is 2.71 bits per heavy atom. The van der Waals surface area contributed by atoms with Gasteiger partial charge in [-0.15, -0.1) is 11.3 Å². The second-order valence-corrected chi connectivity index (χ2v) is 9.31. The van der Waals surface area contributed by atoms with Gasteiger partial charge in [0.15, 0.2) is 5.82 Å². The highest BCUT2D eigenvalue weighted by molar-refractivity contribution is 7.19. The molecule has 5 rings (SSSR count). The van der Waals surface area contributed by atoms with E-state index in [9.17, 15) is 4.39 Å². The minimum Gasteiger partial charge on any atom is -0.378 e. The number of rotatable bonds is 4. The first-order chi connectivity index (χ1) is 13.7. The van der Waals surface area contributed by atoms with Crippen molar-refractivity contribution in [3.8, 4) is 0 Å². The van der Waals surface area contributed by atoms with Crippen molar-refractivity contribution >= 4 is 39.0 Å². The standard InChI is InChI=1S/C19H25ClFN5OS/c20-19-22-15-10-13(28-17(15)18(23-19)26-6-8-27-9-7-26)11-24-5-2-16(14(21)12-24)25-3-1-4-25/h10,14,16H,1-9,11-12H2/t14-,16+/m1/s1. The van der Waals surface area contributed by atoms with Crippen LogP contribution in [0.5, 0.6) is 0 Å². The summed E-state index contributed by atoms with van der Waals surface area (Å²) in [6, 6.07) is 2.21. The second-order valence-electron chi connectivity index (χ2n) is 7.84. The van der Waals surface area contributed by atoms with Gasteiger partial charge in [0.25, 0.3) is 0 Å². The number of anilines is 1. The van der Waals surface area contributed by atoms with E-state index in [1.807, 2.05) is 0 Å². The van der Waals surface area contributed by atoms with Gasteiger partial charge in [0.05, 0.1) is 23.4 Å². The largest absolute Gasteiger partial charge is 0.378 e. The van der Waals surface area contributed by atoms with Crippen LogP contribution in [0.3, 0.4) is 0 Å². The van der Waals surface area contributed by atoms with Crippen LogP contribution in [0.4, 0.5) is 10.2 Å². The fourth-order valence-electron chi connectivity index (χ4n) is 4.41. The van der Waals surface area contributed by atoms with Crippen molar-refractivity contribution in [2.45, 2.75) is 31.6 Å². The molecule has 2 atom stereocenters. The van der Waals surface area contributed by atoms with Crippen molar-refractivity contribution in [2.75, 3.05) is 57.4 Å². The Morgan fingerprint density at radius 1 is 1.18 bits per heavy atom. The summed E-state index contributed by atoms with van der Waals surface area (Å²) in [5.41, 5.74) is 0.883. The normalized spacial score (nSPS) is 27.3. The maximum Gasteiger partial charge on any atom is 0.224 e. The summed E-state index contributed by atoms with van der Waals surface area (Å²) < 4.78 is 21.2. The second kappa shape index (κ2) is 7.99. The molecule has 0 radical (unpaired) electrons. The third kappa shape index (κ3) is 3.73. The van der Waals surface area contributed by atoms with Gasteiger partial charge in [-0.05, 0) is 43.6 Å². The molecule has 2 aromatic heterocycles. The highest BCUT2D eigenvalue weighted by Crippen LogP contribution is 2.34. The van der Waals surface area contributed by atoms with Crippen LogP contribution in [0.1, 0.15) is 17.7 Å². The van der Waals surface area contributed by atoms with Crippen molar-refractivity contribution in [1.82, 2.24) is 19.8 Å². The van der Waals surface area contributed by atoms with E-state index < -0.39 is 6.17 Å². The molecule has 0 bridgehead atoms. The van der Waals surface area contributed by atoms with Crippen LogP contribution in [0.2, 0.25) is 5.28 Å². The molecule has 0 aliphatic carbocycles. The van der Waals surface area contributed by atoms with Gasteiger partial charge in [-0.3, -0.25) is 9.80 Å². The monoisotopic (exact) mass is 425 g/mol. The summed E-state index contributed by atoms with van der Waals surface area (Å²) in [6.45, 7) is 7.35. The van der Waals surface area contributed by atoms with Gasteiger partial charge in [0, 0.05) is 43.6 Å². The SMILES string of the molecule is F[C@@H]1CN(Cc2cc3nc(Cl)nc(N4CCOCC4)c3s2)CC[C@@H]1N1CCC1. The Kier molecular flexibility index (Phi) is 5.40. The predicted octanol–water partition coefficient (Wildman–Crippen LogP) is 2.80. The molecule has 3 saturated heterocycles. The van der Waals surface area contributed by atoms with Crippen molar-refractivity contribution in [3.63, 3.8) is 0 Å². The average molecular weight is 426 g/mol. The van der Waals surface area contributed by atoms with Crippen LogP contribution in [0.25, 0.3) is 10.2 Å². The molecule has 0 N–H and O–H groups in total. The molecular weight excluding hydrogens is 401 g/mol. The zero-order chi connectivity index (χ0) is 19.1. The molecule has 28 heavy (non-hydrogen) atoms. The van der Waals surface area contributed by atoms with Gasteiger partial charge in [0.1, 0.15) is 6.17 Å². The van der Waals surface area contributed by atoms with Gasteiger partial charge in [-0.1, -0.05) is 0 Å². The summed E-state index contributed by atoms with van der Waals surface area (Å²) in [7, 11) is 0. The van der Waals surface area contributed by atoms with E-state index in [-0.39, 0.29) is 11.3 Å². The molecule has 0 amide bonds. The number of halogens is 2. The first-order valence-corrected chi connectivity index (χ1v) is 11.3. The average Bonchev–Trinajstić information content (AvgIpc) is 3.04. The highest BCUT2D eigenvalue weighted by Gasteiger charge is 2.35. The van der Waals surface area contributed by atoms with Crippen LogP contribution in [0.15, 0.2) is 6.07 Å². The molecule has 5 heterocycles. The van der Waals surface area contributed by atoms with E-state index in [0.29, 0.717) is 19.8 Å². The number of alkyl halides is 1. The summed E-state index contributed by atoms with van der Waals surface area (Å²) in [4.78, 5) is 16.9. The number of hydrogen-bond donors (Lipinski definition) is 0. The Bertz CT molecular complexity index is 841. The van der Waals surface area contributed by atoms with E-state index in [1.54, 1.807) is 11.3 Å². The number of piperidine rings is 1. The summed E-state index contributed by atoms with van der Waals surface area (Å²) in [5, 5.41) is 0.275. The minimum absolute atomic E-state index is 0.116. The number of aromatic nitrogens is 2. The maximum atomic E-state index is 14.7. The van der Waals surface area contributed by atoms with Crippen molar-refractivity contribution in [2.24, 2.45) is 0 Å². The van der Waals surface area contributed by atoms with E-state index in [0.717, 1.165) is 61.7 Å². The number of morpholine rings is 1. The van der Waals surface area contributed by atoms with Crippen LogP contribution in [0, 0.1) is 0 Å². The molecule has 2 aromatic rings. The first-order valence-electron chi connectivity index (χ1n) is 10.1. The topological polar surface area (TPSA) is 44.7 Å². The van der Waals surface area contributed by atoms with Gasteiger partial charge in [-0.2, -0.15) is 4.98 Å². The lowest BCUT2D eigenvalue weighted by atomic mass is 9.98. The number of likely N-dealkylation sites (tertiary alicyclic amines) is 2. The van der Waals surface area contributed by atoms with E-state index in [2.05, 4.69) is 30.7 Å². The third-order valence-corrected chi connectivity index (χ3v) is 7.29. The molecule has 0 aromatic carbocycles. The zero-order valence-electron chi connectivity index (χ0n) is 15.8. The van der Waals surface area contributed by atoms with E-state index in [4.69, 9.17) is 16.3 Å². The maximum absolute atomic E-state index is 14.7. The van der Waals surface area contributed by atoms with Crippen LogP contribution in [-0.4, -0.2) is 84.5 Å². The molecule has 0 unspecified atom stereocenters. The number of hydrogen-bond acceptors (Lipinski definition) is 7. The predicted molar refractivity (Wildman–Crippen MR) is 110 cm³/mol. The molecule has 3 fully saturated rings. The van der Waals surface area contributed by atoms with Gasteiger partial charge >= 0.3 is 0 Å².